The molecule has 0 bridgehead atoms. The third kappa shape index (κ3) is 2.64. The van der Waals surface area contributed by atoms with Crippen LogP contribution in [0.5, 0.6) is 5.75 Å². The molecular formula is C12H16FNO2. The molecule has 88 valence electrons. The molecule has 0 aliphatic carbocycles. The molecule has 0 aromatic heterocycles. The van der Waals surface area contributed by atoms with Gasteiger partial charge in [0.1, 0.15) is 11.6 Å². The third-order valence-corrected chi connectivity index (χ3v) is 2.71. The Morgan fingerprint density at radius 1 is 1.56 bits per heavy atom. The number of anilines is 1. The number of hydrogen-bond acceptors (Lipinski definition) is 3. The van der Waals surface area contributed by atoms with Gasteiger partial charge in [0, 0.05) is 19.2 Å². The number of ether oxygens (including phenoxy) is 2. The largest absolute Gasteiger partial charge is 0.494 e. The van der Waals surface area contributed by atoms with Crippen molar-refractivity contribution in [2.24, 2.45) is 0 Å². The summed E-state index contributed by atoms with van der Waals surface area (Å²) in [5.41, 5.74) is 0.805. The highest BCUT2D eigenvalue weighted by molar-refractivity contribution is 5.56. The Kier molecular flexibility index (Phi) is 3.62. The van der Waals surface area contributed by atoms with Crippen molar-refractivity contribution in [1.29, 1.82) is 0 Å². The lowest BCUT2D eigenvalue weighted by Gasteiger charge is -2.14. The van der Waals surface area contributed by atoms with E-state index in [1.54, 1.807) is 6.07 Å². The van der Waals surface area contributed by atoms with E-state index in [1.165, 1.54) is 19.2 Å². The zero-order valence-corrected chi connectivity index (χ0v) is 9.33. The molecule has 0 amide bonds. The van der Waals surface area contributed by atoms with Crippen molar-refractivity contribution in [2.75, 3.05) is 25.6 Å². The van der Waals surface area contributed by atoms with Crippen LogP contribution < -0.4 is 10.1 Å². The topological polar surface area (TPSA) is 30.5 Å². The lowest BCUT2D eigenvalue weighted by Crippen LogP contribution is -2.18. The summed E-state index contributed by atoms with van der Waals surface area (Å²) in [5.74, 6) is 0.234. The smallest absolute Gasteiger partial charge is 0.144 e. The molecule has 1 aromatic carbocycles. The van der Waals surface area contributed by atoms with E-state index in [0.717, 1.165) is 31.7 Å². The second-order valence-corrected chi connectivity index (χ2v) is 3.86. The van der Waals surface area contributed by atoms with Crippen molar-refractivity contribution in [3.05, 3.63) is 24.0 Å². The summed E-state index contributed by atoms with van der Waals surface area (Å²) in [4.78, 5) is 0. The van der Waals surface area contributed by atoms with E-state index in [1.807, 2.05) is 0 Å². The van der Waals surface area contributed by atoms with Crippen molar-refractivity contribution in [3.8, 4) is 5.75 Å². The van der Waals surface area contributed by atoms with E-state index < -0.39 is 0 Å². The summed E-state index contributed by atoms with van der Waals surface area (Å²) >= 11 is 0. The van der Waals surface area contributed by atoms with Gasteiger partial charge in [-0.3, -0.25) is 0 Å². The number of methoxy groups -OCH3 is 1. The SMILES string of the molecule is COc1cc(F)ccc1NCC1CCCO1. The summed E-state index contributed by atoms with van der Waals surface area (Å²) in [6.45, 7) is 1.58. The van der Waals surface area contributed by atoms with Gasteiger partial charge in [-0.25, -0.2) is 4.39 Å². The van der Waals surface area contributed by atoms with Crippen molar-refractivity contribution >= 4 is 5.69 Å². The predicted octanol–water partition coefficient (Wildman–Crippen LogP) is 2.43. The van der Waals surface area contributed by atoms with Gasteiger partial charge < -0.3 is 14.8 Å². The van der Waals surface area contributed by atoms with Crippen LogP contribution in [0.1, 0.15) is 12.8 Å². The van der Waals surface area contributed by atoms with Crippen molar-refractivity contribution < 1.29 is 13.9 Å². The van der Waals surface area contributed by atoms with Crippen LogP contribution in [-0.2, 0) is 4.74 Å². The van der Waals surface area contributed by atoms with E-state index in [4.69, 9.17) is 9.47 Å². The number of hydrogen-bond donors (Lipinski definition) is 1. The molecular weight excluding hydrogens is 209 g/mol. The Hall–Kier alpha value is -1.29. The minimum Gasteiger partial charge on any atom is -0.494 e. The van der Waals surface area contributed by atoms with Crippen molar-refractivity contribution in [2.45, 2.75) is 18.9 Å². The first-order chi connectivity index (χ1) is 7.79. The molecule has 3 nitrogen and oxygen atoms in total. The maximum Gasteiger partial charge on any atom is 0.144 e. The maximum atomic E-state index is 12.9. The Bertz CT molecular complexity index is 351. The van der Waals surface area contributed by atoms with Crippen LogP contribution in [-0.4, -0.2) is 26.4 Å². The molecule has 0 radical (unpaired) electrons. The predicted molar refractivity (Wildman–Crippen MR) is 60.4 cm³/mol. The van der Waals surface area contributed by atoms with E-state index in [0.29, 0.717) is 5.75 Å². The molecule has 2 rings (SSSR count). The van der Waals surface area contributed by atoms with E-state index in [-0.39, 0.29) is 11.9 Å². The first-order valence-corrected chi connectivity index (χ1v) is 5.48. The summed E-state index contributed by atoms with van der Waals surface area (Å²) < 4.78 is 23.5. The molecule has 4 heteroatoms. The molecule has 1 aliphatic heterocycles. The molecule has 0 spiro atoms. The number of halogens is 1. The van der Waals surface area contributed by atoms with E-state index >= 15 is 0 Å². The standard InChI is InChI=1S/C12H16FNO2/c1-15-12-7-9(13)4-5-11(12)14-8-10-3-2-6-16-10/h4-5,7,10,14H,2-3,6,8H2,1H3. The minimum atomic E-state index is -0.292. The highest BCUT2D eigenvalue weighted by atomic mass is 19.1. The molecule has 0 saturated carbocycles. The zero-order chi connectivity index (χ0) is 11.4. The van der Waals surface area contributed by atoms with E-state index in [2.05, 4.69) is 5.32 Å². The van der Waals surface area contributed by atoms with Gasteiger partial charge in [0.2, 0.25) is 0 Å². The third-order valence-electron chi connectivity index (χ3n) is 2.71. The molecule has 1 unspecified atom stereocenters. The fourth-order valence-electron chi connectivity index (χ4n) is 1.84. The van der Waals surface area contributed by atoms with Crippen LogP contribution >= 0.6 is 0 Å². The fourth-order valence-corrected chi connectivity index (χ4v) is 1.84. The van der Waals surface area contributed by atoms with Gasteiger partial charge in [0.25, 0.3) is 0 Å². The van der Waals surface area contributed by atoms with Gasteiger partial charge in [-0.1, -0.05) is 0 Å². The second kappa shape index (κ2) is 5.16. The first-order valence-electron chi connectivity index (χ1n) is 5.48. The minimum absolute atomic E-state index is 0.259. The number of rotatable bonds is 4. The summed E-state index contributed by atoms with van der Waals surface area (Å²) in [6, 6.07) is 4.47. The molecule has 1 N–H and O–H groups in total. The molecule has 1 saturated heterocycles. The summed E-state index contributed by atoms with van der Waals surface area (Å²) in [6.07, 6.45) is 2.46. The van der Waals surface area contributed by atoms with Gasteiger partial charge in [-0.05, 0) is 25.0 Å². The summed E-state index contributed by atoms with van der Waals surface area (Å²) in [7, 11) is 1.53. The fraction of sp³-hybridized carbons (Fsp3) is 0.500. The van der Waals surface area contributed by atoms with Crippen LogP contribution in [0.25, 0.3) is 0 Å². The van der Waals surface area contributed by atoms with Crippen LogP contribution in [0.2, 0.25) is 0 Å². The Labute approximate surface area is 94.6 Å². The van der Waals surface area contributed by atoms with Crippen LogP contribution in [0.15, 0.2) is 18.2 Å². The van der Waals surface area contributed by atoms with E-state index in [9.17, 15) is 4.39 Å². The number of nitrogens with one attached hydrogen (secondary N) is 1. The van der Waals surface area contributed by atoms with Gasteiger partial charge in [-0.2, -0.15) is 0 Å². The first kappa shape index (κ1) is 11.2. The number of benzene rings is 1. The van der Waals surface area contributed by atoms with Gasteiger partial charge >= 0.3 is 0 Å². The molecule has 16 heavy (non-hydrogen) atoms. The Balaban J connectivity index is 1.97. The quantitative estimate of drug-likeness (QED) is 0.853. The second-order valence-electron chi connectivity index (χ2n) is 3.86. The van der Waals surface area contributed by atoms with Gasteiger partial charge in [0.05, 0.1) is 18.9 Å². The molecule has 1 aliphatic rings. The Morgan fingerprint density at radius 2 is 2.44 bits per heavy atom. The van der Waals surface area contributed by atoms with Crippen molar-refractivity contribution in [1.82, 2.24) is 0 Å². The lowest BCUT2D eigenvalue weighted by molar-refractivity contribution is 0.120. The normalized spacial score (nSPS) is 19.8. The molecule has 1 fully saturated rings. The Morgan fingerprint density at radius 3 is 3.12 bits per heavy atom. The average molecular weight is 225 g/mol. The molecule has 1 atom stereocenters. The molecule has 1 aromatic rings. The van der Waals surface area contributed by atoms with Gasteiger partial charge in [0.15, 0.2) is 0 Å². The zero-order valence-electron chi connectivity index (χ0n) is 9.33. The highest BCUT2D eigenvalue weighted by Gasteiger charge is 2.15. The highest BCUT2D eigenvalue weighted by Crippen LogP contribution is 2.25. The van der Waals surface area contributed by atoms with Gasteiger partial charge in [-0.15, -0.1) is 0 Å². The van der Waals surface area contributed by atoms with Crippen molar-refractivity contribution in [3.63, 3.8) is 0 Å². The van der Waals surface area contributed by atoms with Crippen LogP contribution in [0.3, 0.4) is 0 Å². The van der Waals surface area contributed by atoms with Crippen LogP contribution in [0.4, 0.5) is 10.1 Å². The average Bonchev–Trinajstić information content (AvgIpc) is 2.80. The monoisotopic (exact) mass is 225 g/mol. The lowest BCUT2D eigenvalue weighted by atomic mass is 10.2. The molecule has 1 heterocycles. The van der Waals surface area contributed by atoms with Crippen LogP contribution in [0, 0.1) is 5.82 Å². The summed E-state index contributed by atoms with van der Waals surface area (Å²) in [5, 5.41) is 3.22. The maximum absolute atomic E-state index is 12.9.